The molecule has 1 aliphatic heterocycles. The second-order valence-electron chi connectivity index (χ2n) is 10.1. The standard InChI is InChI=1S/C30H36O5Si/c1-5-6-17-33-20-27(31)26-18-23(22(2)28-29(26)35-21-34-28)19-30(3,4)36(32,24-13-9-7-10-14-24)25-15-11-8-12-16-25/h7-16,18,32H,5-6,17,19-21H2,1-4H3. The van der Waals surface area contributed by atoms with Gasteiger partial charge in [-0.2, -0.15) is 0 Å². The molecule has 0 spiro atoms. The van der Waals surface area contributed by atoms with Crippen LogP contribution in [0.5, 0.6) is 11.5 Å². The van der Waals surface area contributed by atoms with E-state index in [9.17, 15) is 9.59 Å². The van der Waals surface area contributed by atoms with Gasteiger partial charge in [-0.05, 0) is 52.4 Å². The van der Waals surface area contributed by atoms with Crippen LogP contribution in [0.15, 0.2) is 66.7 Å². The van der Waals surface area contributed by atoms with Gasteiger partial charge in [-0.25, -0.2) is 0 Å². The van der Waals surface area contributed by atoms with Gasteiger partial charge in [0.2, 0.25) is 6.79 Å². The van der Waals surface area contributed by atoms with Gasteiger partial charge in [-0.15, -0.1) is 0 Å². The van der Waals surface area contributed by atoms with Gasteiger partial charge in [0, 0.05) is 6.61 Å². The molecule has 5 nitrogen and oxygen atoms in total. The summed E-state index contributed by atoms with van der Waals surface area (Å²) in [4.78, 5) is 25.7. The first-order valence-corrected chi connectivity index (χ1v) is 14.6. The Labute approximate surface area is 215 Å². The Hall–Kier alpha value is -2.93. The number of carbonyl (C=O) groups excluding carboxylic acids is 1. The lowest BCUT2D eigenvalue weighted by Gasteiger charge is -2.41. The van der Waals surface area contributed by atoms with Crippen LogP contribution < -0.4 is 19.8 Å². The van der Waals surface area contributed by atoms with Crippen LogP contribution in [0.3, 0.4) is 0 Å². The Bertz CT molecular complexity index is 1150. The third kappa shape index (κ3) is 4.98. The summed E-state index contributed by atoms with van der Waals surface area (Å²) in [7, 11) is -3.22. The van der Waals surface area contributed by atoms with Crippen molar-refractivity contribution in [1.29, 1.82) is 0 Å². The zero-order valence-electron chi connectivity index (χ0n) is 21.7. The van der Waals surface area contributed by atoms with Crippen LogP contribution in [0.2, 0.25) is 5.04 Å². The van der Waals surface area contributed by atoms with Crippen molar-refractivity contribution >= 4 is 24.5 Å². The maximum absolute atomic E-state index is 13.1. The van der Waals surface area contributed by atoms with E-state index in [4.69, 9.17) is 14.2 Å². The first-order valence-electron chi connectivity index (χ1n) is 12.7. The van der Waals surface area contributed by atoms with Crippen LogP contribution in [0.25, 0.3) is 0 Å². The summed E-state index contributed by atoms with van der Waals surface area (Å²) in [6.45, 7) is 8.99. The van der Waals surface area contributed by atoms with Crippen LogP contribution in [0.1, 0.15) is 55.1 Å². The number of fused-ring (bicyclic) bond motifs is 1. The molecule has 1 N–H and O–H groups in total. The van der Waals surface area contributed by atoms with Crippen LogP contribution in [0.4, 0.5) is 0 Å². The van der Waals surface area contributed by atoms with Gasteiger partial charge in [-0.3, -0.25) is 4.79 Å². The fourth-order valence-corrected chi connectivity index (χ4v) is 8.73. The molecule has 0 aromatic heterocycles. The highest BCUT2D eigenvalue weighted by Gasteiger charge is 2.50. The first-order chi connectivity index (χ1) is 17.3. The molecule has 36 heavy (non-hydrogen) atoms. The molecule has 0 radical (unpaired) electrons. The lowest BCUT2D eigenvalue weighted by Crippen LogP contribution is -2.65. The highest BCUT2D eigenvalue weighted by atomic mass is 28.4. The fraction of sp³-hybridized carbons (Fsp3) is 0.367. The van der Waals surface area contributed by atoms with E-state index in [2.05, 4.69) is 20.8 Å². The zero-order chi connectivity index (χ0) is 25.8. The van der Waals surface area contributed by atoms with Crippen LogP contribution >= 0.6 is 0 Å². The summed E-state index contributed by atoms with van der Waals surface area (Å²) in [6.07, 6.45) is 2.50. The maximum atomic E-state index is 13.1. The van der Waals surface area contributed by atoms with Crippen molar-refractivity contribution in [1.82, 2.24) is 0 Å². The molecule has 0 saturated heterocycles. The van der Waals surface area contributed by atoms with E-state index in [1.807, 2.05) is 73.7 Å². The monoisotopic (exact) mass is 504 g/mol. The van der Waals surface area contributed by atoms with Gasteiger partial charge in [0.25, 0.3) is 8.32 Å². The van der Waals surface area contributed by atoms with E-state index in [0.29, 0.717) is 30.1 Å². The largest absolute Gasteiger partial charge is 0.453 e. The summed E-state index contributed by atoms with van der Waals surface area (Å²) >= 11 is 0. The molecule has 0 amide bonds. The SMILES string of the molecule is CCCCOCC(=O)c1cc(CC(C)(C)[Si](O)(c2ccccc2)c2ccccc2)c(C)c2c1OCO2. The Morgan fingerprint density at radius 3 is 2.17 bits per heavy atom. The molecule has 3 aromatic rings. The maximum Gasteiger partial charge on any atom is 0.258 e. The smallest absolute Gasteiger partial charge is 0.258 e. The van der Waals surface area contributed by atoms with Crippen molar-refractivity contribution in [2.75, 3.05) is 20.0 Å². The summed E-state index contributed by atoms with van der Waals surface area (Å²) in [5, 5.41) is 1.41. The van der Waals surface area contributed by atoms with Gasteiger partial charge in [0.05, 0.1) is 5.56 Å². The van der Waals surface area contributed by atoms with Gasteiger partial charge >= 0.3 is 0 Å². The Morgan fingerprint density at radius 2 is 1.58 bits per heavy atom. The highest BCUT2D eigenvalue weighted by molar-refractivity contribution is 6.98. The van der Waals surface area contributed by atoms with E-state index in [-0.39, 0.29) is 19.2 Å². The topological polar surface area (TPSA) is 65.0 Å². The van der Waals surface area contributed by atoms with Gasteiger partial charge in [0.1, 0.15) is 6.61 Å². The number of ketones is 1. The average molecular weight is 505 g/mol. The molecular formula is C30H36O5Si. The molecule has 4 rings (SSSR count). The molecule has 0 atom stereocenters. The predicted molar refractivity (Wildman–Crippen MR) is 145 cm³/mol. The van der Waals surface area contributed by atoms with Crippen molar-refractivity contribution in [2.45, 2.75) is 52.0 Å². The molecular weight excluding hydrogens is 468 g/mol. The molecule has 0 bridgehead atoms. The second kappa shape index (κ2) is 11.0. The van der Waals surface area contributed by atoms with E-state index >= 15 is 0 Å². The zero-order valence-corrected chi connectivity index (χ0v) is 22.7. The predicted octanol–water partition coefficient (Wildman–Crippen LogP) is 4.80. The lowest BCUT2D eigenvalue weighted by molar-refractivity contribution is 0.0750. The van der Waals surface area contributed by atoms with Crippen molar-refractivity contribution in [3.05, 3.63) is 83.4 Å². The van der Waals surface area contributed by atoms with Crippen molar-refractivity contribution < 1.29 is 23.8 Å². The third-order valence-electron chi connectivity index (χ3n) is 7.17. The summed E-state index contributed by atoms with van der Waals surface area (Å²) in [6, 6.07) is 21.9. The Morgan fingerprint density at radius 1 is 1.00 bits per heavy atom. The van der Waals surface area contributed by atoms with Crippen molar-refractivity contribution in [3.8, 4) is 11.5 Å². The molecule has 0 unspecified atom stereocenters. The molecule has 0 fully saturated rings. The Balaban J connectivity index is 1.74. The fourth-order valence-electron chi connectivity index (χ4n) is 5.04. The molecule has 1 heterocycles. The van der Waals surface area contributed by atoms with E-state index < -0.39 is 13.4 Å². The van der Waals surface area contributed by atoms with Crippen LogP contribution in [0, 0.1) is 6.92 Å². The molecule has 0 aliphatic carbocycles. The summed E-state index contributed by atoms with van der Waals surface area (Å²) < 4.78 is 17.1. The van der Waals surface area contributed by atoms with Gasteiger partial charge in [-0.1, -0.05) is 87.9 Å². The number of hydrogen-bond acceptors (Lipinski definition) is 5. The van der Waals surface area contributed by atoms with E-state index in [0.717, 1.165) is 34.3 Å². The van der Waals surface area contributed by atoms with E-state index in [1.54, 1.807) is 0 Å². The molecule has 6 heteroatoms. The first kappa shape index (κ1) is 26.1. The molecule has 3 aromatic carbocycles. The number of unbranched alkanes of at least 4 members (excludes halogenated alkanes) is 1. The van der Waals surface area contributed by atoms with Crippen LogP contribution in [-0.4, -0.2) is 38.9 Å². The van der Waals surface area contributed by atoms with Crippen molar-refractivity contribution in [3.63, 3.8) is 0 Å². The average Bonchev–Trinajstić information content (AvgIpc) is 3.39. The van der Waals surface area contributed by atoms with Crippen LogP contribution in [-0.2, 0) is 11.2 Å². The van der Waals surface area contributed by atoms with E-state index in [1.165, 1.54) is 0 Å². The number of Topliss-reactive ketones (excluding diaryl/α,β-unsaturated/α-hetero) is 1. The van der Waals surface area contributed by atoms with Crippen molar-refractivity contribution in [2.24, 2.45) is 0 Å². The summed E-state index contributed by atoms with van der Waals surface area (Å²) in [5.74, 6) is 0.993. The molecule has 190 valence electrons. The number of rotatable bonds is 11. The lowest BCUT2D eigenvalue weighted by atomic mass is 9.93. The number of ether oxygens (including phenoxy) is 3. The number of hydrogen-bond donors (Lipinski definition) is 1. The normalized spacial score (nSPS) is 13.1. The number of benzene rings is 3. The summed E-state index contributed by atoms with van der Waals surface area (Å²) in [5.41, 5.74) is 2.40. The Kier molecular flexibility index (Phi) is 7.98. The third-order valence-corrected chi connectivity index (χ3v) is 11.6. The highest BCUT2D eigenvalue weighted by Crippen LogP contribution is 2.45. The minimum Gasteiger partial charge on any atom is -0.453 e. The van der Waals surface area contributed by atoms with Gasteiger partial charge in [0.15, 0.2) is 17.3 Å². The molecule has 1 aliphatic rings. The minimum absolute atomic E-state index is 0.00835. The molecule has 0 saturated carbocycles. The second-order valence-corrected chi connectivity index (χ2v) is 14.0. The minimum atomic E-state index is -3.22. The number of carbonyl (C=O) groups is 1. The quantitative estimate of drug-likeness (QED) is 0.231. The van der Waals surface area contributed by atoms with Gasteiger partial charge < -0.3 is 19.0 Å².